The number of rotatable bonds is 3. The van der Waals surface area contributed by atoms with Crippen molar-refractivity contribution in [2.45, 2.75) is 18.9 Å². The minimum Gasteiger partial charge on any atom is -0.478 e. The summed E-state index contributed by atoms with van der Waals surface area (Å²) >= 11 is 0. The Morgan fingerprint density at radius 2 is 2.32 bits per heavy atom. The Kier molecular flexibility index (Phi) is 3.11. The molecule has 2 rings (SSSR count). The van der Waals surface area contributed by atoms with Crippen molar-refractivity contribution in [2.24, 2.45) is 0 Å². The van der Waals surface area contributed by atoms with Crippen LogP contribution in [0.5, 0.6) is 0 Å². The van der Waals surface area contributed by atoms with E-state index in [0.29, 0.717) is 13.0 Å². The van der Waals surface area contributed by atoms with Crippen molar-refractivity contribution < 1.29 is 19.9 Å². The molecule has 0 bridgehead atoms. The minimum atomic E-state index is -1.28. The highest BCUT2D eigenvalue weighted by molar-refractivity contribution is 5.94. The van der Waals surface area contributed by atoms with E-state index in [1.54, 1.807) is 11.8 Å². The molecule has 1 aliphatic heterocycles. The van der Waals surface area contributed by atoms with E-state index in [1.807, 2.05) is 0 Å². The molecule has 2 N–H and O–H groups in total. The highest BCUT2D eigenvalue weighted by atomic mass is 16.6. The molecule has 0 radical (unpaired) electrons. The van der Waals surface area contributed by atoms with Crippen molar-refractivity contribution in [3.63, 3.8) is 0 Å². The van der Waals surface area contributed by atoms with Crippen LogP contribution in [-0.2, 0) is 0 Å². The largest absolute Gasteiger partial charge is 0.478 e. The number of nitro groups is 1. The number of pyridine rings is 1. The fourth-order valence-corrected chi connectivity index (χ4v) is 2.08. The van der Waals surface area contributed by atoms with Gasteiger partial charge in [0, 0.05) is 19.2 Å². The number of aromatic carboxylic acids is 1. The lowest BCUT2D eigenvalue weighted by molar-refractivity contribution is -0.385. The number of nitrogens with zero attached hydrogens (tertiary/aromatic N) is 3. The van der Waals surface area contributed by atoms with Gasteiger partial charge in [0.25, 0.3) is 5.69 Å². The quantitative estimate of drug-likeness (QED) is 0.609. The molecular weight excluding hydrogens is 254 g/mol. The van der Waals surface area contributed by atoms with Gasteiger partial charge in [-0.3, -0.25) is 10.1 Å². The molecule has 0 aromatic carbocycles. The Morgan fingerprint density at radius 3 is 2.79 bits per heavy atom. The molecule has 1 saturated heterocycles. The standard InChI is InChI=1S/C11H13N3O5/c1-11(17)2-3-13(6-11)9-8(10(15)16)4-7(5-12-9)14(18)19/h4-5,17H,2-3,6H2,1H3,(H,15,16). The highest BCUT2D eigenvalue weighted by Gasteiger charge is 2.34. The second kappa shape index (κ2) is 4.47. The molecule has 0 spiro atoms. The number of β-amino-alcohol motifs (C(OH)–C–C–N with tert-alkyl or cyclic N) is 1. The lowest BCUT2D eigenvalue weighted by Gasteiger charge is -2.20. The minimum absolute atomic E-state index is 0.149. The van der Waals surface area contributed by atoms with Crippen LogP contribution in [0.4, 0.5) is 11.5 Å². The first-order valence-corrected chi connectivity index (χ1v) is 5.65. The second-order valence-corrected chi connectivity index (χ2v) is 4.80. The summed E-state index contributed by atoms with van der Waals surface area (Å²) < 4.78 is 0. The number of carboxylic acids is 1. The zero-order chi connectivity index (χ0) is 14.2. The summed E-state index contributed by atoms with van der Waals surface area (Å²) in [4.78, 5) is 26.6. The molecule has 0 amide bonds. The van der Waals surface area contributed by atoms with Gasteiger partial charge < -0.3 is 15.1 Å². The number of aliphatic hydroxyl groups is 1. The van der Waals surface area contributed by atoms with Crippen LogP contribution in [-0.4, -0.2) is 44.8 Å². The topological polar surface area (TPSA) is 117 Å². The van der Waals surface area contributed by atoms with Crippen molar-refractivity contribution in [2.75, 3.05) is 18.0 Å². The molecule has 2 heterocycles. The van der Waals surface area contributed by atoms with Crippen LogP contribution < -0.4 is 4.90 Å². The summed E-state index contributed by atoms with van der Waals surface area (Å²) in [6.07, 6.45) is 1.51. The number of hydrogen-bond acceptors (Lipinski definition) is 6. The Labute approximate surface area is 108 Å². The average Bonchev–Trinajstić information content (AvgIpc) is 2.68. The van der Waals surface area contributed by atoms with Gasteiger partial charge in [-0.2, -0.15) is 0 Å². The maximum Gasteiger partial charge on any atom is 0.339 e. The molecule has 1 fully saturated rings. The SMILES string of the molecule is CC1(O)CCN(c2ncc([N+](=O)[O-])cc2C(=O)O)C1. The van der Waals surface area contributed by atoms with E-state index >= 15 is 0 Å². The highest BCUT2D eigenvalue weighted by Crippen LogP contribution is 2.29. The van der Waals surface area contributed by atoms with Gasteiger partial charge >= 0.3 is 5.97 Å². The first kappa shape index (κ1) is 13.2. The first-order chi connectivity index (χ1) is 8.80. The van der Waals surface area contributed by atoms with Crippen LogP contribution in [0.15, 0.2) is 12.3 Å². The molecule has 1 aliphatic rings. The monoisotopic (exact) mass is 267 g/mol. The van der Waals surface area contributed by atoms with E-state index in [2.05, 4.69) is 4.98 Å². The van der Waals surface area contributed by atoms with Gasteiger partial charge in [0.15, 0.2) is 0 Å². The molecule has 0 saturated carbocycles. The van der Waals surface area contributed by atoms with Crippen molar-refractivity contribution in [3.05, 3.63) is 27.9 Å². The van der Waals surface area contributed by atoms with Gasteiger partial charge in [-0.05, 0) is 13.3 Å². The second-order valence-electron chi connectivity index (χ2n) is 4.80. The van der Waals surface area contributed by atoms with E-state index in [1.165, 1.54) is 0 Å². The summed E-state index contributed by atoms with van der Waals surface area (Å²) in [6.45, 7) is 2.36. The lowest BCUT2D eigenvalue weighted by Crippen LogP contribution is -2.31. The van der Waals surface area contributed by atoms with Crippen molar-refractivity contribution in [1.29, 1.82) is 0 Å². The van der Waals surface area contributed by atoms with Gasteiger partial charge in [0.1, 0.15) is 17.6 Å². The molecular formula is C11H13N3O5. The number of aromatic nitrogens is 1. The van der Waals surface area contributed by atoms with Crippen molar-refractivity contribution in [3.8, 4) is 0 Å². The molecule has 0 aliphatic carbocycles. The van der Waals surface area contributed by atoms with Crippen LogP contribution in [0.3, 0.4) is 0 Å². The van der Waals surface area contributed by atoms with Crippen LogP contribution in [0.1, 0.15) is 23.7 Å². The zero-order valence-electron chi connectivity index (χ0n) is 10.2. The van der Waals surface area contributed by atoms with E-state index < -0.39 is 16.5 Å². The molecule has 1 atom stereocenters. The Morgan fingerprint density at radius 1 is 1.63 bits per heavy atom. The summed E-state index contributed by atoms with van der Waals surface area (Å²) in [5.41, 5.74) is -1.50. The van der Waals surface area contributed by atoms with Gasteiger partial charge in [0.05, 0.1) is 10.5 Å². The predicted octanol–water partition coefficient (Wildman–Crippen LogP) is 0.649. The predicted molar refractivity (Wildman–Crippen MR) is 65.3 cm³/mol. The normalized spacial score (nSPS) is 22.5. The third-order valence-corrected chi connectivity index (χ3v) is 3.04. The van der Waals surface area contributed by atoms with E-state index in [9.17, 15) is 20.0 Å². The Hall–Kier alpha value is -2.22. The Bertz CT molecular complexity index is 543. The summed E-state index contributed by atoms with van der Waals surface area (Å²) in [5.74, 6) is -1.13. The van der Waals surface area contributed by atoms with Crippen LogP contribution >= 0.6 is 0 Å². The number of carbonyl (C=O) groups is 1. The first-order valence-electron chi connectivity index (χ1n) is 5.65. The fraction of sp³-hybridized carbons (Fsp3) is 0.455. The summed E-state index contributed by atoms with van der Waals surface area (Å²) in [7, 11) is 0. The third-order valence-electron chi connectivity index (χ3n) is 3.04. The van der Waals surface area contributed by atoms with E-state index in [0.717, 1.165) is 12.3 Å². The van der Waals surface area contributed by atoms with Crippen LogP contribution in [0, 0.1) is 10.1 Å². The molecule has 8 heteroatoms. The van der Waals surface area contributed by atoms with Crippen molar-refractivity contribution >= 4 is 17.5 Å². The van der Waals surface area contributed by atoms with E-state index in [4.69, 9.17) is 5.11 Å². The van der Waals surface area contributed by atoms with Gasteiger partial charge in [-0.25, -0.2) is 9.78 Å². The fourth-order valence-electron chi connectivity index (χ4n) is 2.08. The summed E-state index contributed by atoms with van der Waals surface area (Å²) in [6, 6.07) is 0.984. The summed E-state index contributed by atoms with van der Waals surface area (Å²) in [5, 5.41) is 29.6. The van der Waals surface area contributed by atoms with Crippen LogP contribution in [0.2, 0.25) is 0 Å². The maximum absolute atomic E-state index is 11.2. The van der Waals surface area contributed by atoms with Gasteiger partial charge in [-0.15, -0.1) is 0 Å². The molecule has 102 valence electrons. The lowest BCUT2D eigenvalue weighted by atomic mass is 10.1. The number of carboxylic acid groups (broad SMARTS) is 1. The average molecular weight is 267 g/mol. The van der Waals surface area contributed by atoms with Crippen molar-refractivity contribution in [1.82, 2.24) is 4.98 Å². The van der Waals surface area contributed by atoms with Crippen LogP contribution in [0.25, 0.3) is 0 Å². The molecule has 19 heavy (non-hydrogen) atoms. The molecule has 8 nitrogen and oxygen atoms in total. The number of hydrogen-bond donors (Lipinski definition) is 2. The molecule has 1 aromatic rings. The Balaban J connectivity index is 2.41. The maximum atomic E-state index is 11.2. The van der Waals surface area contributed by atoms with Gasteiger partial charge in [0.2, 0.25) is 0 Å². The van der Waals surface area contributed by atoms with E-state index in [-0.39, 0.29) is 23.6 Å². The smallest absolute Gasteiger partial charge is 0.339 e. The van der Waals surface area contributed by atoms with Gasteiger partial charge in [-0.1, -0.05) is 0 Å². The zero-order valence-corrected chi connectivity index (χ0v) is 10.2. The molecule has 1 unspecified atom stereocenters. The number of anilines is 1. The molecule has 1 aromatic heterocycles. The third kappa shape index (κ3) is 2.63.